The number of nitrogens with one attached hydrogen (secondary N) is 1. The Bertz CT molecular complexity index is 760. The average Bonchev–Trinajstić information content (AvgIpc) is 2.93. The zero-order valence-electron chi connectivity index (χ0n) is 12.6. The van der Waals surface area contributed by atoms with Crippen molar-refractivity contribution >= 4 is 45.7 Å². The van der Waals surface area contributed by atoms with Gasteiger partial charge in [0.25, 0.3) is 5.69 Å². The molecule has 1 atom stereocenters. The summed E-state index contributed by atoms with van der Waals surface area (Å²) in [6, 6.07) is 5.98. The second-order valence-corrected chi connectivity index (χ2v) is 7.06. The lowest BCUT2D eigenvalue weighted by atomic mass is 10.3. The van der Waals surface area contributed by atoms with Crippen LogP contribution < -0.4 is 11.1 Å². The van der Waals surface area contributed by atoms with Crippen LogP contribution in [0.3, 0.4) is 0 Å². The Kier molecular flexibility index (Phi) is 5.88. The van der Waals surface area contributed by atoms with Gasteiger partial charge in [-0.15, -0.1) is 23.1 Å². The number of nitrogens with two attached hydrogens (primary N) is 1. The highest BCUT2D eigenvalue weighted by atomic mass is 32.2. The Morgan fingerprint density at radius 2 is 2.08 bits per heavy atom. The molecule has 0 aliphatic carbocycles. The number of hydrogen-bond acceptors (Lipinski definition) is 7. The van der Waals surface area contributed by atoms with Crippen molar-refractivity contribution in [2.45, 2.75) is 23.5 Å². The van der Waals surface area contributed by atoms with Crippen molar-refractivity contribution in [2.75, 3.05) is 5.32 Å². The van der Waals surface area contributed by atoms with Crippen LogP contribution in [0.15, 0.2) is 34.5 Å². The first-order chi connectivity index (χ1) is 11.3. The van der Waals surface area contributed by atoms with E-state index < -0.39 is 16.1 Å². The topological polar surface area (TPSA) is 128 Å². The lowest BCUT2D eigenvalue weighted by molar-refractivity contribution is -0.384. The molecule has 0 fully saturated rings. The van der Waals surface area contributed by atoms with Gasteiger partial charge in [-0.05, 0) is 19.1 Å². The van der Waals surface area contributed by atoms with Crippen LogP contribution in [0.5, 0.6) is 0 Å². The number of rotatable bonds is 7. The number of aromatic nitrogens is 1. The lowest BCUT2D eigenvalue weighted by Gasteiger charge is -2.10. The highest BCUT2D eigenvalue weighted by Gasteiger charge is 2.17. The Morgan fingerprint density at radius 3 is 2.67 bits per heavy atom. The van der Waals surface area contributed by atoms with Crippen LogP contribution in [-0.2, 0) is 16.0 Å². The minimum absolute atomic E-state index is 0.00113. The summed E-state index contributed by atoms with van der Waals surface area (Å²) in [5, 5.41) is 14.9. The number of anilines is 1. The number of benzene rings is 1. The fourth-order valence-corrected chi connectivity index (χ4v) is 3.32. The molecule has 0 saturated heterocycles. The van der Waals surface area contributed by atoms with Gasteiger partial charge in [0.05, 0.1) is 22.3 Å². The molecular formula is C14H14N4O4S2. The van der Waals surface area contributed by atoms with E-state index in [9.17, 15) is 19.7 Å². The van der Waals surface area contributed by atoms with Crippen LogP contribution in [-0.4, -0.2) is 27.0 Å². The SMILES string of the molecule is CC(Sc1ccc([N+](=O)[O-])cc1)C(=O)Nc1nc(CC(N)=O)cs1. The Hall–Kier alpha value is -2.46. The van der Waals surface area contributed by atoms with Crippen molar-refractivity contribution in [3.63, 3.8) is 0 Å². The first kappa shape index (κ1) is 17.9. The Labute approximate surface area is 145 Å². The molecular weight excluding hydrogens is 352 g/mol. The molecule has 1 heterocycles. The van der Waals surface area contributed by atoms with Gasteiger partial charge in [0.2, 0.25) is 11.8 Å². The number of nitrogens with zero attached hydrogens (tertiary/aromatic N) is 2. The van der Waals surface area contributed by atoms with Crippen LogP contribution in [0.2, 0.25) is 0 Å². The van der Waals surface area contributed by atoms with Crippen LogP contribution >= 0.6 is 23.1 Å². The van der Waals surface area contributed by atoms with E-state index in [1.807, 2.05) is 0 Å². The average molecular weight is 366 g/mol. The number of nitro groups is 1. The molecule has 8 nitrogen and oxygen atoms in total. The molecule has 3 N–H and O–H groups in total. The van der Waals surface area contributed by atoms with Gasteiger partial charge in [-0.1, -0.05) is 0 Å². The number of thioether (sulfide) groups is 1. The van der Waals surface area contributed by atoms with Gasteiger partial charge in [0.1, 0.15) is 0 Å². The van der Waals surface area contributed by atoms with E-state index in [1.165, 1.54) is 35.2 Å². The van der Waals surface area contributed by atoms with Gasteiger partial charge in [0.15, 0.2) is 5.13 Å². The van der Waals surface area contributed by atoms with Crippen LogP contribution in [0.25, 0.3) is 0 Å². The normalized spacial score (nSPS) is 11.7. The summed E-state index contributed by atoms with van der Waals surface area (Å²) in [6.45, 7) is 1.72. The first-order valence-corrected chi connectivity index (χ1v) is 8.56. The number of carbonyl (C=O) groups excluding carboxylic acids is 2. The molecule has 0 spiro atoms. The molecule has 10 heteroatoms. The first-order valence-electron chi connectivity index (χ1n) is 6.80. The fourth-order valence-electron chi connectivity index (χ4n) is 1.74. The van der Waals surface area contributed by atoms with Gasteiger partial charge in [-0.3, -0.25) is 19.7 Å². The summed E-state index contributed by atoms with van der Waals surface area (Å²) in [6.07, 6.45) is 0.0273. The van der Waals surface area contributed by atoms with Crippen LogP contribution in [0.1, 0.15) is 12.6 Å². The quantitative estimate of drug-likeness (QED) is 0.439. The maximum Gasteiger partial charge on any atom is 0.269 e. The van der Waals surface area contributed by atoms with Gasteiger partial charge in [-0.2, -0.15) is 0 Å². The summed E-state index contributed by atoms with van der Waals surface area (Å²) in [5.41, 5.74) is 5.60. The van der Waals surface area contributed by atoms with E-state index in [0.29, 0.717) is 10.8 Å². The van der Waals surface area contributed by atoms with Crippen molar-refractivity contribution in [3.8, 4) is 0 Å². The van der Waals surface area contributed by atoms with Crippen LogP contribution in [0.4, 0.5) is 10.8 Å². The van der Waals surface area contributed by atoms with Gasteiger partial charge in [0, 0.05) is 22.4 Å². The molecule has 126 valence electrons. The lowest BCUT2D eigenvalue weighted by Crippen LogP contribution is -2.22. The summed E-state index contributed by atoms with van der Waals surface area (Å²) >= 11 is 2.49. The van der Waals surface area contributed by atoms with E-state index in [4.69, 9.17) is 5.73 Å². The molecule has 0 radical (unpaired) electrons. The third-order valence-electron chi connectivity index (χ3n) is 2.87. The zero-order chi connectivity index (χ0) is 17.7. The van der Waals surface area contributed by atoms with Crippen molar-refractivity contribution in [1.29, 1.82) is 0 Å². The van der Waals surface area contributed by atoms with Crippen molar-refractivity contribution in [2.24, 2.45) is 5.73 Å². The Balaban J connectivity index is 1.93. The molecule has 2 rings (SSSR count). The summed E-state index contributed by atoms with van der Waals surface area (Å²) in [4.78, 5) is 38.0. The molecule has 1 aromatic heterocycles. The van der Waals surface area contributed by atoms with E-state index in [2.05, 4.69) is 10.3 Å². The second kappa shape index (κ2) is 7.88. The molecule has 2 aromatic rings. The smallest absolute Gasteiger partial charge is 0.269 e. The van der Waals surface area contributed by atoms with E-state index in [1.54, 1.807) is 24.4 Å². The predicted octanol–water partition coefficient (Wildman–Crippen LogP) is 2.20. The minimum atomic E-state index is -0.486. The number of amides is 2. The van der Waals surface area contributed by atoms with E-state index in [0.717, 1.165) is 4.90 Å². The van der Waals surface area contributed by atoms with Crippen molar-refractivity contribution < 1.29 is 14.5 Å². The predicted molar refractivity (Wildman–Crippen MR) is 92.1 cm³/mol. The summed E-state index contributed by atoms with van der Waals surface area (Å²) < 4.78 is 0. The van der Waals surface area contributed by atoms with Gasteiger partial charge in [-0.25, -0.2) is 4.98 Å². The molecule has 24 heavy (non-hydrogen) atoms. The Morgan fingerprint density at radius 1 is 1.42 bits per heavy atom. The summed E-state index contributed by atoms with van der Waals surface area (Å²) in [5.74, 6) is -0.737. The molecule has 1 unspecified atom stereocenters. The molecule has 0 saturated carbocycles. The van der Waals surface area contributed by atoms with Crippen molar-refractivity contribution in [3.05, 3.63) is 45.5 Å². The molecule has 0 aliphatic heterocycles. The highest BCUT2D eigenvalue weighted by molar-refractivity contribution is 8.00. The van der Waals surface area contributed by atoms with Gasteiger partial charge < -0.3 is 11.1 Å². The summed E-state index contributed by atoms with van der Waals surface area (Å²) in [7, 11) is 0. The molecule has 1 aromatic carbocycles. The molecule has 2 amide bonds. The monoisotopic (exact) mass is 366 g/mol. The molecule has 0 bridgehead atoms. The van der Waals surface area contributed by atoms with E-state index in [-0.39, 0.29) is 18.0 Å². The molecule has 0 aliphatic rings. The van der Waals surface area contributed by atoms with Crippen molar-refractivity contribution in [1.82, 2.24) is 4.98 Å². The largest absolute Gasteiger partial charge is 0.369 e. The number of carbonyl (C=O) groups is 2. The minimum Gasteiger partial charge on any atom is -0.369 e. The number of nitro benzene ring substituents is 1. The number of non-ortho nitro benzene ring substituents is 1. The number of hydrogen-bond donors (Lipinski definition) is 2. The fraction of sp³-hybridized carbons (Fsp3) is 0.214. The van der Waals surface area contributed by atoms with E-state index >= 15 is 0 Å². The zero-order valence-corrected chi connectivity index (χ0v) is 14.2. The van der Waals surface area contributed by atoms with Crippen LogP contribution in [0, 0.1) is 10.1 Å². The number of primary amides is 1. The standard InChI is InChI=1S/C14H14N4O4S2/c1-8(24-11-4-2-10(3-5-11)18(21)22)13(20)17-14-16-9(7-23-14)6-12(15)19/h2-5,7-8H,6H2,1H3,(H2,15,19)(H,16,17,20). The highest BCUT2D eigenvalue weighted by Crippen LogP contribution is 2.26. The third-order valence-corrected chi connectivity index (χ3v) is 4.79. The number of thiazole rings is 1. The van der Waals surface area contributed by atoms with Gasteiger partial charge >= 0.3 is 0 Å². The maximum atomic E-state index is 12.2. The second-order valence-electron chi connectivity index (χ2n) is 4.79. The maximum absolute atomic E-state index is 12.2. The third kappa shape index (κ3) is 5.03.